The Balaban J connectivity index is 1.33. The second kappa shape index (κ2) is 11.8. The summed E-state index contributed by atoms with van der Waals surface area (Å²) in [6.45, 7) is 2.98. The Hall–Kier alpha value is -4.32. The smallest absolute Gasteiger partial charge is 0.293 e. The fraction of sp³-hybridized carbons (Fsp3) is 0.333. The van der Waals surface area contributed by atoms with Gasteiger partial charge in [0.05, 0.1) is 54.1 Å². The van der Waals surface area contributed by atoms with Crippen LogP contribution in [0.25, 0.3) is 38.9 Å². The van der Waals surface area contributed by atoms with Crippen LogP contribution in [-0.2, 0) is 4.74 Å². The number of methoxy groups -OCH3 is 3. The first-order chi connectivity index (χ1) is 22.3. The molecule has 0 unspecified atom stereocenters. The van der Waals surface area contributed by atoms with Crippen LogP contribution in [0.4, 0.5) is 11.4 Å². The monoisotopic (exact) mass is 663 g/mol. The van der Waals surface area contributed by atoms with Gasteiger partial charge < -0.3 is 23.8 Å². The molecule has 11 nitrogen and oxygen atoms in total. The van der Waals surface area contributed by atoms with Gasteiger partial charge in [0.15, 0.2) is 0 Å². The number of piperidine rings is 1. The first-order valence-corrected chi connectivity index (χ1v) is 15.6. The molecule has 0 atom stereocenters. The first kappa shape index (κ1) is 30.3. The van der Waals surface area contributed by atoms with Crippen molar-refractivity contribution in [2.24, 2.45) is 5.41 Å². The normalized spacial score (nSPS) is 16.0. The molecule has 2 saturated heterocycles. The molecule has 2 aliphatic heterocycles. The van der Waals surface area contributed by atoms with E-state index in [1.54, 1.807) is 37.7 Å². The molecule has 46 heavy (non-hydrogen) atoms. The maximum atomic E-state index is 12.4. The van der Waals surface area contributed by atoms with E-state index in [1.807, 2.05) is 22.7 Å². The fourth-order valence-electron chi connectivity index (χ4n) is 6.74. The second-order valence-electron chi connectivity index (χ2n) is 11.7. The largest absolute Gasteiger partial charge is 0.496 e. The van der Waals surface area contributed by atoms with E-state index in [-0.39, 0.29) is 16.0 Å². The van der Waals surface area contributed by atoms with Crippen LogP contribution in [0.15, 0.2) is 48.9 Å². The highest BCUT2D eigenvalue weighted by Crippen LogP contribution is 2.48. The maximum absolute atomic E-state index is 12.4. The van der Waals surface area contributed by atoms with Crippen LogP contribution < -0.4 is 19.1 Å². The van der Waals surface area contributed by atoms with E-state index in [0.717, 1.165) is 56.5 Å². The molecule has 0 radical (unpaired) electrons. The number of fused-ring (bicyclic) bond motifs is 3. The zero-order valence-electron chi connectivity index (χ0n) is 25.5. The Bertz CT molecular complexity index is 1970. The van der Waals surface area contributed by atoms with Crippen molar-refractivity contribution in [1.29, 1.82) is 0 Å². The van der Waals surface area contributed by atoms with Crippen LogP contribution in [0.5, 0.6) is 17.2 Å². The Kier molecular flexibility index (Phi) is 7.78. The van der Waals surface area contributed by atoms with Crippen LogP contribution in [0.3, 0.4) is 0 Å². The van der Waals surface area contributed by atoms with Crippen molar-refractivity contribution in [1.82, 2.24) is 14.4 Å². The number of nitrogens with zero attached hydrogens (tertiary/aromatic N) is 5. The molecule has 5 heterocycles. The number of benzene rings is 2. The average molecular weight is 665 g/mol. The van der Waals surface area contributed by atoms with Gasteiger partial charge in [-0.25, -0.2) is 4.98 Å². The lowest BCUT2D eigenvalue weighted by Crippen LogP contribution is -2.40. The number of hydrogen-bond acceptors (Lipinski definition) is 9. The van der Waals surface area contributed by atoms with Gasteiger partial charge in [0, 0.05) is 78.6 Å². The summed E-state index contributed by atoms with van der Waals surface area (Å²) in [7, 11) is 4.61. The molecule has 238 valence electrons. The summed E-state index contributed by atoms with van der Waals surface area (Å²) in [5, 5.41) is 13.8. The van der Waals surface area contributed by atoms with Crippen LogP contribution in [-0.4, -0.2) is 66.9 Å². The molecule has 1 spiro atoms. The molecule has 0 aliphatic carbocycles. The van der Waals surface area contributed by atoms with Gasteiger partial charge in [-0.15, -0.1) is 0 Å². The van der Waals surface area contributed by atoms with Crippen molar-refractivity contribution in [2.45, 2.75) is 19.3 Å². The van der Waals surface area contributed by atoms with Gasteiger partial charge in [0.25, 0.3) is 5.69 Å². The van der Waals surface area contributed by atoms with Crippen LogP contribution >= 0.6 is 23.2 Å². The number of nitro groups is 1. The lowest BCUT2D eigenvalue weighted by molar-refractivity contribution is -0.384. The van der Waals surface area contributed by atoms with Crippen LogP contribution in [0, 0.1) is 15.5 Å². The molecule has 13 heteroatoms. The lowest BCUT2D eigenvalue weighted by atomic mass is 9.78. The standard InChI is InChI=1S/C33H31Cl2N5O6/c1-43-26-15-24(38-8-4-33(5-9-38)6-11-46-18-33)25(40(41)42)13-20(26)22-14-23-19(17-37-22)12-21(32-36-7-10-39(23)32)29-30(34)27(44-2)16-28(45-3)31(29)35/h7,10,12-17H,4-6,8-9,11,18H2,1-3H3. The van der Waals surface area contributed by atoms with Gasteiger partial charge in [-0.2, -0.15) is 0 Å². The molecule has 2 aromatic carbocycles. The van der Waals surface area contributed by atoms with E-state index in [1.165, 1.54) is 14.2 Å². The van der Waals surface area contributed by atoms with Gasteiger partial charge in [-0.1, -0.05) is 23.2 Å². The molecule has 0 saturated carbocycles. The Morgan fingerprint density at radius 1 is 0.913 bits per heavy atom. The number of aromatic nitrogens is 3. The predicted octanol–water partition coefficient (Wildman–Crippen LogP) is 7.46. The van der Waals surface area contributed by atoms with Gasteiger partial charge in [-0.05, 0) is 36.8 Å². The zero-order valence-corrected chi connectivity index (χ0v) is 27.0. The van der Waals surface area contributed by atoms with E-state index in [9.17, 15) is 10.1 Å². The lowest BCUT2D eigenvalue weighted by Gasteiger charge is -2.39. The summed E-state index contributed by atoms with van der Waals surface area (Å²) in [4.78, 5) is 23.5. The highest BCUT2D eigenvalue weighted by Gasteiger charge is 2.39. The molecular weight excluding hydrogens is 633 g/mol. The minimum absolute atomic E-state index is 0.00991. The maximum Gasteiger partial charge on any atom is 0.293 e. The number of pyridine rings is 2. The van der Waals surface area contributed by atoms with Crippen molar-refractivity contribution >= 4 is 51.1 Å². The Morgan fingerprint density at radius 2 is 1.63 bits per heavy atom. The molecule has 0 N–H and O–H groups in total. The summed E-state index contributed by atoms with van der Waals surface area (Å²) >= 11 is 13.6. The predicted molar refractivity (Wildman–Crippen MR) is 177 cm³/mol. The number of rotatable bonds is 7. The van der Waals surface area contributed by atoms with Crippen molar-refractivity contribution in [3.63, 3.8) is 0 Å². The van der Waals surface area contributed by atoms with E-state index in [2.05, 4.69) is 9.88 Å². The van der Waals surface area contributed by atoms with Gasteiger partial charge in [0.2, 0.25) is 0 Å². The topological polar surface area (TPSA) is 113 Å². The number of hydrogen-bond donors (Lipinski definition) is 0. The third-order valence-electron chi connectivity index (χ3n) is 9.32. The molecule has 2 aliphatic rings. The van der Waals surface area contributed by atoms with Crippen molar-refractivity contribution < 1.29 is 23.9 Å². The summed E-state index contributed by atoms with van der Waals surface area (Å²) in [5.74, 6) is 1.31. The highest BCUT2D eigenvalue weighted by molar-refractivity contribution is 6.41. The third-order valence-corrected chi connectivity index (χ3v) is 10.1. The minimum Gasteiger partial charge on any atom is -0.496 e. The van der Waals surface area contributed by atoms with Gasteiger partial charge in [0.1, 0.15) is 28.6 Å². The van der Waals surface area contributed by atoms with E-state index >= 15 is 0 Å². The van der Waals surface area contributed by atoms with E-state index < -0.39 is 0 Å². The molecule has 0 bridgehead atoms. The number of imidazole rings is 1. The summed E-state index contributed by atoms with van der Waals surface area (Å²) in [6, 6.07) is 8.73. The molecule has 7 rings (SSSR count). The zero-order chi connectivity index (χ0) is 32.2. The van der Waals surface area contributed by atoms with Crippen molar-refractivity contribution in [2.75, 3.05) is 52.5 Å². The molecule has 5 aromatic rings. The SMILES string of the molecule is COc1cc(N2CCC3(CCOC3)CC2)c([N+](=O)[O-])cc1-c1cc2c(cn1)cc(-c1c(Cl)c(OC)cc(OC)c1Cl)c1nccn12. The third kappa shape index (κ3) is 4.94. The Labute approximate surface area is 274 Å². The number of halogens is 2. The van der Waals surface area contributed by atoms with Crippen LogP contribution in [0.2, 0.25) is 10.0 Å². The van der Waals surface area contributed by atoms with Crippen LogP contribution in [0.1, 0.15) is 19.3 Å². The van der Waals surface area contributed by atoms with E-state index in [4.69, 9.17) is 47.1 Å². The second-order valence-corrected chi connectivity index (χ2v) is 12.4. The minimum atomic E-state index is -0.335. The molecule has 0 amide bonds. The number of nitro benzene ring substituents is 1. The van der Waals surface area contributed by atoms with Gasteiger partial charge in [-0.3, -0.25) is 19.5 Å². The molecule has 3 aromatic heterocycles. The summed E-state index contributed by atoms with van der Waals surface area (Å²) in [6.07, 6.45) is 8.12. The first-order valence-electron chi connectivity index (χ1n) is 14.8. The molecular formula is C33H31Cl2N5O6. The highest BCUT2D eigenvalue weighted by atomic mass is 35.5. The van der Waals surface area contributed by atoms with E-state index in [0.29, 0.717) is 61.0 Å². The number of ether oxygens (including phenoxy) is 4. The number of anilines is 1. The van der Waals surface area contributed by atoms with Crippen molar-refractivity contribution in [3.8, 4) is 39.6 Å². The average Bonchev–Trinajstić information content (AvgIpc) is 3.75. The summed E-state index contributed by atoms with van der Waals surface area (Å²) < 4.78 is 24.4. The quantitative estimate of drug-likeness (QED) is 0.129. The molecule has 2 fully saturated rings. The Morgan fingerprint density at radius 3 is 2.26 bits per heavy atom. The summed E-state index contributed by atoms with van der Waals surface area (Å²) in [5.41, 5.74) is 4.30. The van der Waals surface area contributed by atoms with Gasteiger partial charge >= 0.3 is 0 Å². The fourth-order valence-corrected chi connectivity index (χ4v) is 7.44. The van der Waals surface area contributed by atoms with Crippen molar-refractivity contribution in [3.05, 3.63) is 69.1 Å².